The van der Waals surface area contributed by atoms with Crippen LogP contribution in [0.3, 0.4) is 0 Å². The molecular formula is C17H19N7OS. The smallest absolute Gasteiger partial charge is 0.245 e. The van der Waals surface area contributed by atoms with E-state index in [1.54, 1.807) is 27.1 Å². The van der Waals surface area contributed by atoms with Crippen molar-refractivity contribution in [2.45, 2.75) is 0 Å². The molecule has 4 heterocycles. The minimum Gasteiger partial charge on any atom is -0.368 e. The molecule has 1 aliphatic rings. The zero-order chi connectivity index (χ0) is 18.1. The van der Waals surface area contributed by atoms with E-state index in [0.717, 1.165) is 41.4 Å². The average Bonchev–Trinajstić information content (AvgIpc) is 3.21. The molecule has 26 heavy (non-hydrogen) atoms. The maximum Gasteiger partial charge on any atom is 0.245 e. The SMILES string of the molecule is C=CC(=O)N1CC(CNc2nc(Nc3cnn(C)c3)nc3ccsc23)C1. The summed E-state index contributed by atoms with van der Waals surface area (Å²) < 4.78 is 2.75. The van der Waals surface area contributed by atoms with Crippen molar-refractivity contribution in [2.24, 2.45) is 13.0 Å². The number of fused-ring (bicyclic) bond motifs is 1. The number of thiophene rings is 1. The Morgan fingerprint density at radius 1 is 1.46 bits per heavy atom. The number of nitrogens with one attached hydrogen (secondary N) is 2. The number of amides is 1. The zero-order valence-electron chi connectivity index (χ0n) is 14.3. The van der Waals surface area contributed by atoms with E-state index in [9.17, 15) is 4.79 Å². The molecule has 3 aromatic rings. The van der Waals surface area contributed by atoms with E-state index in [2.05, 4.69) is 32.3 Å². The summed E-state index contributed by atoms with van der Waals surface area (Å²) in [6.07, 6.45) is 4.96. The monoisotopic (exact) mass is 369 g/mol. The van der Waals surface area contributed by atoms with Gasteiger partial charge in [0.25, 0.3) is 0 Å². The zero-order valence-corrected chi connectivity index (χ0v) is 15.2. The topological polar surface area (TPSA) is 88.0 Å². The van der Waals surface area contributed by atoms with Crippen LogP contribution < -0.4 is 10.6 Å². The average molecular weight is 369 g/mol. The molecule has 0 aromatic carbocycles. The highest BCUT2D eigenvalue weighted by Gasteiger charge is 2.29. The van der Waals surface area contributed by atoms with Crippen LogP contribution in [0.4, 0.5) is 17.5 Å². The number of aryl methyl sites for hydroxylation is 1. The second kappa shape index (κ2) is 6.75. The summed E-state index contributed by atoms with van der Waals surface area (Å²) in [5, 5.41) is 12.8. The molecule has 0 atom stereocenters. The minimum atomic E-state index is -0.00751. The van der Waals surface area contributed by atoms with Crippen LogP contribution >= 0.6 is 11.3 Å². The first kappa shape index (κ1) is 16.5. The van der Waals surface area contributed by atoms with Crippen molar-refractivity contribution in [1.29, 1.82) is 0 Å². The molecule has 0 bridgehead atoms. The Balaban J connectivity index is 1.46. The van der Waals surface area contributed by atoms with E-state index in [-0.39, 0.29) is 5.91 Å². The van der Waals surface area contributed by atoms with Crippen LogP contribution in [0.25, 0.3) is 10.2 Å². The van der Waals surface area contributed by atoms with Crippen LogP contribution in [0, 0.1) is 5.92 Å². The third-order valence-corrected chi connectivity index (χ3v) is 5.18. The molecule has 0 aliphatic carbocycles. The van der Waals surface area contributed by atoms with Crippen LogP contribution in [0.2, 0.25) is 0 Å². The maximum atomic E-state index is 11.5. The first-order chi connectivity index (χ1) is 12.6. The Hall–Kier alpha value is -2.94. The predicted molar refractivity (Wildman–Crippen MR) is 103 cm³/mol. The van der Waals surface area contributed by atoms with Crippen molar-refractivity contribution in [3.8, 4) is 0 Å². The number of anilines is 3. The second-order valence-corrected chi connectivity index (χ2v) is 7.17. The predicted octanol–water partition coefficient (Wildman–Crippen LogP) is 2.22. The van der Waals surface area contributed by atoms with Crippen molar-refractivity contribution in [2.75, 3.05) is 30.3 Å². The lowest BCUT2D eigenvalue weighted by Crippen LogP contribution is -2.51. The van der Waals surface area contributed by atoms with Gasteiger partial charge >= 0.3 is 0 Å². The first-order valence-corrected chi connectivity index (χ1v) is 9.16. The highest BCUT2D eigenvalue weighted by molar-refractivity contribution is 7.17. The summed E-state index contributed by atoms with van der Waals surface area (Å²) in [5.41, 5.74) is 1.74. The van der Waals surface area contributed by atoms with Crippen LogP contribution in [-0.2, 0) is 11.8 Å². The fourth-order valence-corrected chi connectivity index (χ4v) is 3.70. The largest absolute Gasteiger partial charge is 0.368 e. The summed E-state index contributed by atoms with van der Waals surface area (Å²) in [6.45, 7) is 5.78. The molecule has 1 amide bonds. The molecule has 0 saturated carbocycles. The fraction of sp³-hybridized carbons (Fsp3) is 0.294. The lowest BCUT2D eigenvalue weighted by Gasteiger charge is -2.38. The summed E-state index contributed by atoms with van der Waals surface area (Å²) in [4.78, 5) is 22.5. The number of rotatable bonds is 6. The third-order valence-electron chi connectivity index (χ3n) is 4.27. The van der Waals surface area contributed by atoms with E-state index in [1.807, 2.05) is 24.7 Å². The lowest BCUT2D eigenvalue weighted by molar-refractivity contribution is -0.131. The molecule has 1 aliphatic heterocycles. The van der Waals surface area contributed by atoms with E-state index in [4.69, 9.17) is 0 Å². The van der Waals surface area contributed by atoms with Gasteiger partial charge in [0.1, 0.15) is 5.82 Å². The van der Waals surface area contributed by atoms with Crippen molar-refractivity contribution >= 4 is 44.9 Å². The van der Waals surface area contributed by atoms with Gasteiger partial charge in [0.2, 0.25) is 11.9 Å². The van der Waals surface area contributed by atoms with Crippen molar-refractivity contribution < 1.29 is 4.79 Å². The minimum absolute atomic E-state index is 0.00751. The van der Waals surface area contributed by atoms with Gasteiger partial charge in [-0.25, -0.2) is 4.98 Å². The number of carbonyl (C=O) groups is 1. The first-order valence-electron chi connectivity index (χ1n) is 8.28. The fourth-order valence-electron chi connectivity index (χ4n) is 2.90. The van der Waals surface area contributed by atoms with Crippen molar-refractivity contribution in [3.05, 3.63) is 36.5 Å². The van der Waals surface area contributed by atoms with Crippen LogP contribution in [0.5, 0.6) is 0 Å². The van der Waals surface area contributed by atoms with Gasteiger partial charge in [-0.05, 0) is 17.5 Å². The molecule has 3 aromatic heterocycles. The van der Waals surface area contributed by atoms with Crippen molar-refractivity contribution in [3.63, 3.8) is 0 Å². The van der Waals surface area contributed by atoms with E-state index in [0.29, 0.717) is 11.9 Å². The molecule has 2 N–H and O–H groups in total. The van der Waals surface area contributed by atoms with E-state index in [1.165, 1.54) is 6.08 Å². The Kier molecular flexibility index (Phi) is 4.29. The van der Waals surface area contributed by atoms with Crippen molar-refractivity contribution in [1.82, 2.24) is 24.6 Å². The van der Waals surface area contributed by atoms with Crippen LogP contribution in [0.15, 0.2) is 36.5 Å². The summed E-state index contributed by atoms with van der Waals surface area (Å²) >= 11 is 1.61. The number of nitrogens with zero attached hydrogens (tertiary/aromatic N) is 5. The van der Waals surface area contributed by atoms with Gasteiger partial charge in [-0.1, -0.05) is 6.58 Å². The number of likely N-dealkylation sites (tertiary alicyclic amines) is 1. The molecule has 134 valence electrons. The maximum absolute atomic E-state index is 11.5. The summed E-state index contributed by atoms with van der Waals surface area (Å²) in [7, 11) is 1.86. The van der Waals surface area contributed by atoms with Gasteiger partial charge < -0.3 is 15.5 Å². The highest BCUT2D eigenvalue weighted by Crippen LogP contribution is 2.29. The van der Waals surface area contributed by atoms with Gasteiger partial charge in [0.05, 0.1) is 22.1 Å². The van der Waals surface area contributed by atoms with Gasteiger partial charge in [-0.2, -0.15) is 10.1 Å². The number of carbonyl (C=O) groups excluding carboxylic acids is 1. The number of hydrogen-bond donors (Lipinski definition) is 2. The lowest BCUT2D eigenvalue weighted by atomic mass is 10.00. The Labute approximate surface area is 154 Å². The highest BCUT2D eigenvalue weighted by atomic mass is 32.1. The summed E-state index contributed by atoms with van der Waals surface area (Å²) in [6, 6.07) is 1.98. The van der Waals surface area contributed by atoms with Crippen LogP contribution in [0.1, 0.15) is 0 Å². The third kappa shape index (κ3) is 3.25. The van der Waals surface area contributed by atoms with Gasteiger partial charge in [0.15, 0.2) is 0 Å². The Morgan fingerprint density at radius 2 is 2.31 bits per heavy atom. The van der Waals surface area contributed by atoms with E-state index < -0.39 is 0 Å². The quantitative estimate of drug-likeness (QED) is 0.648. The van der Waals surface area contributed by atoms with Gasteiger partial charge in [-0.15, -0.1) is 11.3 Å². The molecule has 0 spiro atoms. The number of hydrogen-bond acceptors (Lipinski definition) is 7. The molecule has 8 nitrogen and oxygen atoms in total. The normalized spacial score (nSPS) is 14.3. The van der Waals surface area contributed by atoms with E-state index >= 15 is 0 Å². The molecule has 0 radical (unpaired) electrons. The molecule has 0 unspecified atom stereocenters. The number of aromatic nitrogens is 4. The van der Waals surface area contributed by atoms with Crippen LogP contribution in [-0.4, -0.2) is 50.2 Å². The molecule has 1 saturated heterocycles. The molecular weight excluding hydrogens is 350 g/mol. The second-order valence-electron chi connectivity index (χ2n) is 6.25. The Morgan fingerprint density at radius 3 is 3.04 bits per heavy atom. The molecule has 4 rings (SSSR count). The molecule has 9 heteroatoms. The summed E-state index contributed by atoms with van der Waals surface area (Å²) in [5.74, 6) is 1.75. The van der Waals surface area contributed by atoms with Gasteiger partial charge in [0, 0.05) is 38.8 Å². The Bertz CT molecular complexity index is 957. The standard InChI is InChI=1S/C17H19N7OS/c1-3-14(25)24-8-11(9-24)6-18-16-15-13(4-5-26-15)21-17(22-16)20-12-7-19-23(2)10-12/h3-5,7,10-11H,1,6,8-9H2,2H3,(H2,18,20,21,22). The molecule has 1 fully saturated rings. The van der Waals surface area contributed by atoms with Gasteiger partial charge in [-0.3, -0.25) is 9.48 Å².